The summed E-state index contributed by atoms with van der Waals surface area (Å²) in [6.07, 6.45) is 41.9. The quantitative estimate of drug-likeness (QED) is 0.0465. The van der Waals surface area contributed by atoms with Crippen LogP contribution in [0.5, 0.6) is 0 Å². The number of nitrogens with zero attached hydrogens (tertiary/aromatic N) is 1. The SMILES string of the molecule is CCCCCCCCCCC(=O)CCCCCCCN(CCC)CCCCCCCC(=O)OC(CCC1CC1CCCC)CCC1CC1CCCC. The van der Waals surface area contributed by atoms with Crippen molar-refractivity contribution in [1.82, 2.24) is 4.90 Å². The molecule has 0 aromatic rings. The van der Waals surface area contributed by atoms with Gasteiger partial charge < -0.3 is 9.64 Å². The molecule has 2 rings (SSSR count). The lowest BCUT2D eigenvalue weighted by molar-refractivity contribution is -0.150. The van der Waals surface area contributed by atoms with Gasteiger partial charge in [0.2, 0.25) is 0 Å². The van der Waals surface area contributed by atoms with Crippen LogP contribution in [0.25, 0.3) is 0 Å². The van der Waals surface area contributed by atoms with Crippen LogP contribution in [0.4, 0.5) is 0 Å². The molecule has 0 aromatic carbocycles. The van der Waals surface area contributed by atoms with Crippen molar-refractivity contribution in [1.29, 1.82) is 0 Å². The number of carbonyl (C=O) groups is 2. The normalized spacial score (nSPS) is 20.0. The smallest absolute Gasteiger partial charge is 0.306 e. The Balaban J connectivity index is 1.47. The molecule has 2 aliphatic carbocycles. The second kappa shape index (κ2) is 32.4. The zero-order valence-corrected chi connectivity index (χ0v) is 35.7. The number of hydrogen-bond donors (Lipinski definition) is 0. The van der Waals surface area contributed by atoms with E-state index in [2.05, 4.69) is 32.6 Å². The van der Waals surface area contributed by atoms with E-state index < -0.39 is 0 Å². The monoisotopic (exact) mass is 730 g/mol. The number of ketones is 1. The minimum atomic E-state index is 0.0705. The lowest BCUT2D eigenvalue weighted by atomic mass is 10.0. The highest BCUT2D eigenvalue weighted by Crippen LogP contribution is 2.47. The van der Waals surface area contributed by atoms with Crippen LogP contribution in [0.2, 0.25) is 0 Å². The molecular weight excluding hydrogens is 639 g/mol. The Labute approximate surface area is 325 Å². The molecule has 0 bridgehead atoms. The molecule has 0 N–H and O–H groups in total. The highest BCUT2D eigenvalue weighted by atomic mass is 16.5. The fourth-order valence-electron chi connectivity index (χ4n) is 8.83. The topological polar surface area (TPSA) is 46.6 Å². The second-order valence-corrected chi connectivity index (χ2v) is 17.7. The van der Waals surface area contributed by atoms with Gasteiger partial charge in [-0.25, -0.2) is 0 Å². The van der Waals surface area contributed by atoms with Gasteiger partial charge in [0.1, 0.15) is 11.9 Å². The van der Waals surface area contributed by atoms with Crippen molar-refractivity contribution in [3.8, 4) is 0 Å². The predicted octanol–water partition coefficient (Wildman–Crippen LogP) is 14.6. The van der Waals surface area contributed by atoms with Gasteiger partial charge in [-0.2, -0.15) is 0 Å². The fraction of sp³-hybridized carbons (Fsp3) is 0.958. The van der Waals surface area contributed by atoms with Gasteiger partial charge in [0.25, 0.3) is 0 Å². The van der Waals surface area contributed by atoms with E-state index in [0.717, 1.165) is 75.0 Å². The van der Waals surface area contributed by atoms with Gasteiger partial charge in [0, 0.05) is 19.3 Å². The first-order valence-electron chi connectivity index (χ1n) is 23.9. The van der Waals surface area contributed by atoms with Crippen molar-refractivity contribution in [2.75, 3.05) is 19.6 Å². The third-order valence-corrected chi connectivity index (χ3v) is 12.6. The van der Waals surface area contributed by atoms with Crippen LogP contribution < -0.4 is 0 Å². The van der Waals surface area contributed by atoms with Crippen molar-refractivity contribution in [2.24, 2.45) is 23.7 Å². The van der Waals surface area contributed by atoms with Gasteiger partial charge in [-0.3, -0.25) is 9.59 Å². The van der Waals surface area contributed by atoms with Crippen molar-refractivity contribution in [2.45, 2.75) is 252 Å². The first-order chi connectivity index (χ1) is 25.5. The first kappa shape index (κ1) is 47.3. The maximum atomic E-state index is 12.9. The van der Waals surface area contributed by atoms with E-state index in [1.165, 1.54) is 180 Å². The molecular formula is C48H91NO3. The molecule has 2 aliphatic rings. The average molecular weight is 730 g/mol. The van der Waals surface area contributed by atoms with Crippen LogP contribution in [-0.2, 0) is 14.3 Å². The van der Waals surface area contributed by atoms with E-state index in [0.29, 0.717) is 12.2 Å². The summed E-state index contributed by atoms with van der Waals surface area (Å²) in [5.41, 5.74) is 0. The van der Waals surface area contributed by atoms with Gasteiger partial charge in [-0.05, 0) is 120 Å². The first-order valence-corrected chi connectivity index (χ1v) is 23.9. The van der Waals surface area contributed by atoms with Crippen LogP contribution in [0.1, 0.15) is 246 Å². The Bertz CT molecular complexity index is 817. The van der Waals surface area contributed by atoms with E-state index >= 15 is 0 Å². The number of ether oxygens (including phenoxy) is 1. The number of esters is 1. The zero-order chi connectivity index (χ0) is 37.5. The minimum absolute atomic E-state index is 0.0705. The number of Topliss-reactive ketones (excluding diaryl/α,β-unsaturated/α-hetero) is 1. The van der Waals surface area contributed by atoms with Crippen LogP contribution in [-0.4, -0.2) is 42.4 Å². The molecule has 4 nitrogen and oxygen atoms in total. The molecule has 0 spiro atoms. The van der Waals surface area contributed by atoms with E-state index in [9.17, 15) is 9.59 Å². The Morgan fingerprint density at radius 2 is 0.865 bits per heavy atom. The summed E-state index contributed by atoms with van der Waals surface area (Å²) in [7, 11) is 0. The summed E-state index contributed by atoms with van der Waals surface area (Å²) >= 11 is 0. The number of carbonyl (C=O) groups excluding carboxylic acids is 2. The molecule has 0 saturated heterocycles. The highest BCUT2D eigenvalue weighted by Gasteiger charge is 2.38. The Morgan fingerprint density at radius 3 is 1.33 bits per heavy atom. The third-order valence-electron chi connectivity index (χ3n) is 12.6. The Morgan fingerprint density at radius 1 is 0.462 bits per heavy atom. The molecule has 0 radical (unpaired) electrons. The summed E-state index contributed by atoms with van der Waals surface area (Å²) in [6, 6.07) is 0. The van der Waals surface area contributed by atoms with Crippen molar-refractivity contribution < 1.29 is 14.3 Å². The largest absolute Gasteiger partial charge is 0.462 e. The van der Waals surface area contributed by atoms with Crippen LogP contribution in [0.3, 0.4) is 0 Å². The average Bonchev–Trinajstić information content (AvgIpc) is 4.07. The minimum Gasteiger partial charge on any atom is -0.462 e. The van der Waals surface area contributed by atoms with Gasteiger partial charge in [-0.15, -0.1) is 0 Å². The third kappa shape index (κ3) is 26.0. The molecule has 52 heavy (non-hydrogen) atoms. The number of unbranched alkanes of at least 4 members (excludes halogenated alkanes) is 17. The molecule has 306 valence electrons. The van der Waals surface area contributed by atoms with Gasteiger partial charge in [-0.1, -0.05) is 150 Å². The zero-order valence-electron chi connectivity index (χ0n) is 35.7. The van der Waals surface area contributed by atoms with Gasteiger partial charge >= 0.3 is 5.97 Å². The van der Waals surface area contributed by atoms with Gasteiger partial charge in [0.15, 0.2) is 0 Å². The molecule has 2 saturated carbocycles. The van der Waals surface area contributed by atoms with E-state index in [4.69, 9.17) is 4.74 Å². The summed E-state index contributed by atoms with van der Waals surface area (Å²) in [4.78, 5) is 27.8. The second-order valence-electron chi connectivity index (χ2n) is 17.7. The van der Waals surface area contributed by atoms with E-state index in [1.54, 1.807) is 0 Å². The number of rotatable bonds is 40. The van der Waals surface area contributed by atoms with Gasteiger partial charge in [0.05, 0.1) is 0 Å². The standard InChI is InChI=1S/C48H91NO3/c1-5-9-12-13-14-15-18-23-30-46(50)31-24-19-16-21-26-38-49(37-8-4)39-27-22-17-20-25-32-48(51)52-47(35-33-44-40-42(44)28-10-6-2)36-34-45-41-43(45)29-11-7-3/h42-45,47H,5-41H2,1-4H3. The van der Waals surface area contributed by atoms with Crippen LogP contribution in [0.15, 0.2) is 0 Å². The predicted molar refractivity (Wildman–Crippen MR) is 225 cm³/mol. The Kier molecular flexibility index (Phi) is 29.4. The van der Waals surface area contributed by atoms with E-state index in [-0.39, 0.29) is 12.1 Å². The molecule has 2 fully saturated rings. The molecule has 4 atom stereocenters. The van der Waals surface area contributed by atoms with Crippen LogP contribution in [0, 0.1) is 23.7 Å². The fourth-order valence-corrected chi connectivity index (χ4v) is 8.83. The summed E-state index contributed by atoms with van der Waals surface area (Å²) in [5.74, 6) is 4.29. The maximum absolute atomic E-state index is 12.9. The number of hydrogen-bond acceptors (Lipinski definition) is 4. The van der Waals surface area contributed by atoms with E-state index in [1.807, 2.05) is 0 Å². The van der Waals surface area contributed by atoms with Crippen molar-refractivity contribution in [3.63, 3.8) is 0 Å². The maximum Gasteiger partial charge on any atom is 0.306 e. The van der Waals surface area contributed by atoms with Crippen LogP contribution >= 0.6 is 0 Å². The summed E-state index contributed by atoms with van der Waals surface area (Å²) < 4.78 is 6.18. The summed E-state index contributed by atoms with van der Waals surface area (Å²) in [5, 5.41) is 0. The molecule has 4 heteroatoms. The Hall–Kier alpha value is -0.900. The van der Waals surface area contributed by atoms with Crippen molar-refractivity contribution >= 4 is 11.8 Å². The molecule has 0 aromatic heterocycles. The molecule has 0 aliphatic heterocycles. The lowest BCUT2D eigenvalue weighted by Crippen LogP contribution is -2.27. The molecule has 0 heterocycles. The van der Waals surface area contributed by atoms with Crippen molar-refractivity contribution in [3.05, 3.63) is 0 Å². The lowest BCUT2D eigenvalue weighted by Gasteiger charge is -2.21. The highest BCUT2D eigenvalue weighted by molar-refractivity contribution is 5.78. The molecule has 4 unspecified atom stereocenters. The molecule has 0 amide bonds. The summed E-state index contributed by atoms with van der Waals surface area (Å²) in [6.45, 7) is 12.8.